The zero-order valence-corrected chi connectivity index (χ0v) is 19.5. The van der Waals surface area contributed by atoms with E-state index in [0.29, 0.717) is 24.7 Å². The molecule has 6 nitrogen and oxygen atoms in total. The highest BCUT2D eigenvalue weighted by Gasteiger charge is 2.24. The quantitative estimate of drug-likeness (QED) is 0.332. The van der Waals surface area contributed by atoms with Crippen molar-refractivity contribution in [1.82, 2.24) is 14.7 Å². The van der Waals surface area contributed by atoms with Gasteiger partial charge in [-0.05, 0) is 45.0 Å². The number of aliphatic hydroxyl groups excluding tert-OH is 1. The third-order valence-corrected chi connectivity index (χ3v) is 5.27. The standard InChI is InChI=1S/C26H29F2N3O3/c1-5-13-33-17-22(32)15-30(18(2)3)16-23-19(4)29-31(21-9-7-6-8-10-21)26(23)34-25-12-11-20(27)14-24(25)28/h1,6-12,14,18,22,32H,13,15-17H2,2-4H3/t22-/m1/s1. The largest absolute Gasteiger partial charge is 0.435 e. The second-order valence-corrected chi connectivity index (χ2v) is 8.19. The Labute approximate surface area is 198 Å². The number of para-hydroxylation sites is 1. The van der Waals surface area contributed by atoms with Crippen molar-refractivity contribution < 1.29 is 23.4 Å². The molecule has 2 aromatic carbocycles. The van der Waals surface area contributed by atoms with Crippen LogP contribution in [0.1, 0.15) is 25.1 Å². The molecule has 1 N–H and O–H groups in total. The fourth-order valence-corrected chi connectivity index (χ4v) is 3.47. The van der Waals surface area contributed by atoms with E-state index in [1.807, 2.05) is 56.0 Å². The van der Waals surface area contributed by atoms with Crippen LogP contribution in [-0.4, -0.2) is 51.7 Å². The van der Waals surface area contributed by atoms with Gasteiger partial charge < -0.3 is 14.6 Å². The molecule has 0 radical (unpaired) electrons. The average molecular weight is 470 g/mol. The predicted octanol–water partition coefficient (Wildman–Crippen LogP) is 4.47. The molecule has 0 aliphatic heterocycles. The Morgan fingerprint density at radius 3 is 2.56 bits per heavy atom. The van der Waals surface area contributed by atoms with Crippen LogP contribution in [0.25, 0.3) is 5.69 Å². The summed E-state index contributed by atoms with van der Waals surface area (Å²) in [5, 5.41) is 15.1. The van der Waals surface area contributed by atoms with E-state index >= 15 is 0 Å². The minimum absolute atomic E-state index is 0.0668. The van der Waals surface area contributed by atoms with Crippen molar-refractivity contribution in [3.63, 3.8) is 0 Å². The molecule has 0 aliphatic rings. The van der Waals surface area contributed by atoms with Crippen molar-refractivity contribution in [2.24, 2.45) is 0 Å². The summed E-state index contributed by atoms with van der Waals surface area (Å²) in [6.07, 6.45) is 4.44. The van der Waals surface area contributed by atoms with Gasteiger partial charge in [0.2, 0.25) is 5.88 Å². The van der Waals surface area contributed by atoms with E-state index < -0.39 is 17.7 Å². The van der Waals surface area contributed by atoms with E-state index in [0.717, 1.165) is 23.4 Å². The van der Waals surface area contributed by atoms with Crippen LogP contribution in [-0.2, 0) is 11.3 Å². The molecule has 0 aliphatic carbocycles. The van der Waals surface area contributed by atoms with Crippen LogP contribution in [0.5, 0.6) is 11.6 Å². The zero-order valence-electron chi connectivity index (χ0n) is 19.5. The van der Waals surface area contributed by atoms with Gasteiger partial charge in [-0.1, -0.05) is 24.1 Å². The average Bonchev–Trinajstić information content (AvgIpc) is 3.11. The summed E-state index contributed by atoms with van der Waals surface area (Å²) in [7, 11) is 0. The fraction of sp³-hybridized carbons (Fsp3) is 0.346. The first kappa shape index (κ1) is 25.4. The molecule has 0 amide bonds. The lowest BCUT2D eigenvalue weighted by Crippen LogP contribution is -2.39. The summed E-state index contributed by atoms with van der Waals surface area (Å²) in [5.74, 6) is 1.08. The van der Waals surface area contributed by atoms with Crippen molar-refractivity contribution >= 4 is 0 Å². The van der Waals surface area contributed by atoms with Crippen molar-refractivity contribution in [2.75, 3.05) is 19.8 Å². The first-order chi connectivity index (χ1) is 16.3. The summed E-state index contributed by atoms with van der Waals surface area (Å²) in [6, 6.07) is 12.6. The molecule has 3 aromatic rings. The van der Waals surface area contributed by atoms with Crippen molar-refractivity contribution in [1.29, 1.82) is 0 Å². The van der Waals surface area contributed by atoms with Gasteiger partial charge in [-0.3, -0.25) is 4.90 Å². The number of benzene rings is 2. The van der Waals surface area contributed by atoms with Gasteiger partial charge in [-0.25, -0.2) is 13.5 Å². The molecule has 3 rings (SSSR count). The minimum Gasteiger partial charge on any atom is -0.435 e. The Bertz CT molecular complexity index is 1130. The second kappa shape index (κ2) is 11.7. The van der Waals surface area contributed by atoms with Crippen LogP contribution >= 0.6 is 0 Å². The highest BCUT2D eigenvalue weighted by atomic mass is 19.1. The maximum atomic E-state index is 14.5. The number of halogens is 2. The smallest absolute Gasteiger partial charge is 0.227 e. The molecule has 8 heteroatoms. The van der Waals surface area contributed by atoms with Gasteiger partial charge >= 0.3 is 0 Å². The topological polar surface area (TPSA) is 59.8 Å². The van der Waals surface area contributed by atoms with Crippen molar-refractivity contribution in [3.05, 3.63) is 71.4 Å². The first-order valence-electron chi connectivity index (χ1n) is 11.0. The predicted molar refractivity (Wildman–Crippen MR) is 126 cm³/mol. The Balaban J connectivity index is 1.96. The van der Waals surface area contributed by atoms with E-state index in [9.17, 15) is 13.9 Å². The van der Waals surface area contributed by atoms with E-state index in [1.54, 1.807) is 4.68 Å². The molecule has 0 saturated carbocycles. The first-order valence-corrected chi connectivity index (χ1v) is 11.0. The number of hydrogen-bond acceptors (Lipinski definition) is 5. The number of terminal acetylenes is 1. The van der Waals surface area contributed by atoms with Crippen LogP contribution < -0.4 is 4.74 Å². The van der Waals surface area contributed by atoms with E-state index in [2.05, 4.69) is 11.0 Å². The number of ether oxygens (including phenoxy) is 2. The van der Waals surface area contributed by atoms with E-state index in [4.69, 9.17) is 15.9 Å². The summed E-state index contributed by atoms with van der Waals surface area (Å²) in [5.41, 5.74) is 2.14. The van der Waals surface area contributed by atoms with E-state index in [1.165, 1.54) is 6.07 Å². The monoisotopic (exact) mass is 469 g/mol. The fourth-order valence-electron chi connectivity index (χ4n) is 3.47. The molecular weight excluding hydrogens is 440 g/mol. The normalized spacial score (nSPS) is 12.2. The van der Waals surface area contributed by atoms with E-state index in [-0.39, 0.29) is 25.0 Å². The van der Waals surface area contributed by atoms with Crippen LogP contribution in [0.4, 0.5) is 8.78 Å². The second-order valence-electron chi connectivity index (χ2n) is 8.19. The lowest BCUT2D eigenvalue weighted by Gasteiger charge is -2.28. The molecule has 0 saturated heterocycles. The number of aryl methyl sites for hydroxylation is 1. The Hall–Kier alpha value is -3.25. The van der Waals surface area contributed by atoms with Crippen LogP contribution in [0.3, 0.4) is 0 Å². The molecule has 0 bridgehead atoms. The van der Waals surface area contributed by atoms with Gasteiger partial charge in [0.1, 0.15) is 12.4 Å². The van der Waals surface area contributed by atoms with Gasteiger partial charge in [0.05, 0.1) is 29.7 Å². The van der Waals surface area contributed by atoms with Gasteiger partial charge in [-0.2, -0.15) is 5.10 Å². The zero-order chi connectivity index (χ0) is 24.7. The molecule has 0 fully saturated rings. The number of aliphatic hydroxyl groups is 1. The maximum Gasteiger partial charge on any atom is 0.227 e. The van der Waals surface area contributed by atoms with Crippen molar-refractivity contribution in [2.45, 2.75) is 39.5 Å². The summed E-state index contributed by atoms with van der Waals surface area (Å²) >= 11 is 0. The van der Waals surface area contributed by atoms with Gasteiger partial charge in [0.15, 0.2) is 11.6 Å². The Kier molecular flexibility index (Phi) is 8.77. The summed E-state index contributed by atoms with van der Waals surface area (Å²) in [6.45, 7) is 6.79. The third kappa shape index (κ3) is 6.41. The van der Waals surface area contributed by atoms with Crippen LogP contribution in [0, 0.1) is 30.9 Å². The Morgan fingerprint density at radius 2 is 1.91 bits per heavy atom. The minimum atomic E-state index is -0.814. The molecule has 34 heavy (non-hydrogen) atoms. The number of hydrogen-bond donors (Lipinski definition) is 1. The summed E-state index contributed by atoms with van der Waals surface area (Å²) in [4.78, 5) is 2.04. The molecule has 180 valence electrons. The number of nitrogens with zero attached hydrogens (tertiary/aromatic N) is 3. The molecule has 1 heterocycles. The maximum absolute atomic E-state index is 14.5. The van der Waals surface area contributed by atoms with Gasteiger partial charge in [-0.15, -0.1) is 6.42 Å². The van der Waals surface area contributed by atoms with Crippen LogP contribution in [0.2, 0.25) is 0 Å². The highest BCUT2D eigenvalue weighted by molar-refractivity contribution is 5.43. The summed E-state index contributed by atoms with van der Waals surface area (Å²) < 4.78 is 40.7. The lowest BCUT2D eigenvalue weighted by molar-refractivity contribution is 0.0190. The molecule has 0 unspecified atom stereocenters. The van der Waals surface area contributed by atoms with Crippen LogP contribution in [0.15, 0.2) is 48.5 Å². The molecule has 1 atom stereocenters. The number of aromatic nitrogens is 2. The highest BCUT2D eigenvalue weighted by Crippen LogP contribution is 2.33. The third-order valence-electron chi connectivity index (χ3n) is 5.27. The Morgan fingerprint density at radius 1 is 1.18 bits per heavy atom. The van der Waals surface area contributed by atoms with Gasteiger partial charge in [0, 0.05) is 25.2 Å². The molecule has 1 aromatic heterocycles. The van der Waals surface area contributed by atoms with Gasteiger partial charge in [0.25, 0.3) is 0 Å². The van der Waals surface area contributed by atoms with Crippen molar-refractivity contribution in [3.8, 4) is 29.7 Å². The molecule has 0 spiro atoms. The lowest BCUT2D eigenvalue weighted by atomic mass is 10.2. The SMILES string of the molecule is C#CCOC[C@H](O)CN(Cc1c(C)nn(-c2ccccc2)c1Oc1ccc(F)cc1F)C(C)C. The molecular formula is C26H29F2N3O3. The number of rotatable bonds is 11.